The van der Waals surface area contributed by atoms with Crippen molar-refractivity contribution in [1.82, 2.24) is 15.1 Å². The molecule has 2 atom stereocenters. The highest BCUT2D eigenvalue weighted by atomic mass is 16.4. The number of nitrogens with zero attached hydrogens (tertiary/aromatic N) is 2. The normalized spacial score (nSPS) is 20.7. The number of rotatable bonds is 4. The largest absolute Gasteiger partial charge is 0.481 e. The van der Waals surface area contributed by atoms with Crippen molar-refractivity contribution in [3.63, 3.8) is 0 Å². The van der Waals surface area contributed by atoms with Crippen molar-refractivity contribution in [2.75, 3.05) is 0 Å². The summed E-state index contributed by atoms with van der Waals surface area (Å²) >= 11 is 0. The van der Waals surface area contributed by atoms with E-state index in [0.717, 1.165) is 12.1 Å². The summed E-state index contributed by atoms with van der Waals surface area (Å²) in [5.41, 5.74) is 1.30. The second-order valence-electron chi connectivity index (χ2n) is 5.46. The van der Waals surface area contributed by atoms with Crippen molar-refractivity contribution >= 4 is 11.9 Å². The molecule has 22 heavy (non-hydrogen) atoms. The maximum Gasteiger partial charge on any atom is 0.308 e. The molecule has 1 aromatic heterocycles. The van der Waals surface area contributed by atoms with E-state index in [1.54, 1.807) is 10.9 Å². The Morgan fingerprint density at radius 3 is 2.73 bits per heavy atom. The summed E-state index contributed by atoms with van der Waals surface area (Å²) in [6.45, 7) is 0. The zero-order chi connectivity index (χ0) is 15.5. The van der Waals surface area contributed by atoms with Crippen molar-refractivity contribution in [1.29, 1.82) is 0 Å². The van der Waals surface area contributed by atoms with Gasteiger partial charge in [0.1, 0.15) is 0 Å². The van der Waals surface area contributed by atoms with Crippen molar-refractivity contribution < 1.29 is 14.7 Å². The summed E-state index contributed by atoms with van der Waals surface area (Å²) in [5, 5.41) is 16.1. The molecule has 1 amide bonds. The Hall–Kier alpha value is -2.63. The number of hydrogen-bond acceptors (Lipinski definition) is 3. The van der Waals surface area contributed by atoms with Crippen LogP contribution in [0.3, 0.4) is 0 Å². The quantitative estimate of drug-likeness (QED) is 0.902. The molecule has 2 aromatic rings. The second kappa shape index (κ2) is 6.01. The third kappa shape index (κ3) is 2.86. The van der Waals surface area contributed by atoms with Crippen LogP contribution in [0.4, 0.5) is 0 Å². The van der Waals surface area contributed by atoms with E-state index in [1.807, 2.05) is 30.3 Å². The first-order valence-electron chi connectivity index (χ1n) is 7.29. The van der Waals surface area contributed by atoms with Crippen LogP contribution in [0.15, 0.2) is 42.7 Å². The molecule has 1 fully saturated rings. The third-order valence-corrected chi connectivity index (χ3v) is 4.02. The van der Waals surface area contributed by atoms with E-state index in [4.69, 9.17) is 5.11 Å². The van der Waals surface area contributed by atoms with Crippen molar-refractivity contribution in [2.45, 2.75) is 25.3 Å². The molecule has 1 heterocycles. The highest BCUT2D eigenvalue weighted by Crippen LogP contribution is 2.26. The lowest BCUT2D eigenvalue weighted by Gasteiger charge is -2.16. The first kappa shape index (κ1) is 14.3. The van der Waals surface area contributed by atoms with Crippen molar-refractivity contribution in [3.05, 3.63) is 48.3 Å². The number of aliphatic carboxylic acids is 1. The topological polar surface area (TPSA) is 84.2 Å². The van der Waals surface area contributed by atoms with Crippen LogP contribution in [0, 0.1) is 5.92 Å². The number of para-hydroxylation sites is 1. The fourth-order valence-corrected chi connectivity index (χ4v) is 2.84. The number of aromatic nitrogens is 2. The average molecular weight is 299 g/mol. The van der Waals surface area contributed by atoms with Crippen LogP contribution in [-0.2, 0) is 4.79 Å². The smallest absolute Gasteiger partial charge is 0.308 e. The molecule has 1 saturated carbocycles. The lowest BCUT2D eigenvalue weighted by atomic mass is 10.0. The number of carboxylic acid groups (broad SMARTS) is 1. The van der Waals surface area contributed by atoms with Crippen LogP contribution in [0.1, 0.15) is 29.6 Å². The van der Waals surface area contributed by atoms with E-state index in [2.05, 4.69) is 10.4 Å². The van der Waals surface area contributed by atoms with E-state index < -0.39 is 11.9 Å². The van der Waals surface area contributed by atoms with E-state index in [0.29, 0.717) is 18.4 Å². The van der Waals surface area contributed by atoms with E-state index >= 15 is 0 Å². The minimum absolute atomic E-state index is 0.277. The van der Waals surface area contributed by atoms with Gasteiger partial charge in [0, 0.05) is 12.2 Å². The maximum atomic E-state index is 12.3. The van der Waals surface area contributed by atoms with Gasteiger partial charge in [0.25, 0.3) is 5.91 Å². The third-order valence-electron chi connectivity index (χ3n) is 4.02. The summed E-state index contributed by atoms with van der Waals surface area (Å²) < 4.78 is 1.62. The highest BCUT2D eigenvalue weighted by molar-refractivity contribution is 5.94. The van der Waals surface area contributed by atoms with Crippen LogP contribution in [0.25, 0.3) is 5.69 Å². The fourth-order valence-electron chi connectivity index (χ4n) is 2.84. The molecule has 114 valence electrons. The van der Waals surface area contributed by atoms with Crippen LogP contribution in [0.5, 0.6) is 0 Å². The van der Waals surface area contributed by atoms with Gasteiger partial charge in [0.2, 0.25) is 0 Å². The van der Waals surface area contributed by atoms with Crippen molar-refractivity contribution in [3.8, 4) is 5.69 Å². The zero-order valence-corrected chi connectivity index (χ0v) is 12.0. The minimum atomic E-state index is -0.845. The van der Waals surface area contributed by atoms with Crippen LogP contribution in [0.2, 0.25) is 0 Å². The molecule has 0 spiro atoms. The summed E-state index contributed by atoms with van der Waals surface area (Å²) in [6.07, 6.45) is 5.28. The first-order chi connectivity index (χ1) is 10.6. The molecule has 0 radical (unpaired) electrons. The number of amides is 1. The monoisotopic (exact) mass is 299 g/mol. The Kier molecular flexibility index (Phi) is 3.91. The summed E-state index contributed by atoms with van der Waals surface area (Å²) in [7, 11) is 0. The Morgan fingerprint density at radius 1 is 1.23 bits per heavy atom. The number of carboxylic acids is 1. The minimum Gasteiger partial charge on any atom is -0.481 e. The van der Waals surface area contributed by atoms with Gasteiger partial charge >= 0.3 is 5.97 Å². The predicted molar refractivity (Wildman–Crippen MR) is 79.8 cm³/mol. The standard InChI is InChI=1S/C16H17N3O3/c20-15(18-14-8-4-7-13(14)16(21)22)11-9-17-19(10-11)12-5-2-1-3-6-12/h1-3,5-6,9-10,13-14H,4,7-8H2,(H,18,20)(H,21,22)/t13-,14+/m1/s1. The Morgan fingerprint density at radius 2 is 2.00 bits per heavy atom. The molecule has 1 aromatic carbocycles. The van der Waals surface area contributed by atoms with Gasteiger partial charge in [-0.2, -0.15) is 5.10 Å². The molecule has 0 bridgehead atoms. The van der Waals surface area contributed by atoms with Crippen LogP contribution in [-0.4, -0.2) is 32.8 Å². The van der Waals surface area contributed by atoms with Gasteiger partial charge < -0.3 is 10.4 Å². The molecule has 6 heteroatoms. The number of carbonyl (C=O) groups excluding carboxylic acids is 1. The number of hydrogen-bond donors (Lipinski definition) is 2. The van der Waals surface area contributed by atoms with Crippen LogP contribution < -0.4 is 5.32 Å². The van der Waals surface area contributed by atoms with E-state index in [9.17, 15) is 9.59 Å². The average Bonchev–Trinajstić information content (AvgIpc) is 3.17. The lowest BCUT2D eigenvalue weighted by Crippen LogP contribution is -2.40. The van der Waals surface area contributed by atoms with E-state index in [1.165, 1.54) is 6.20 Å². The Bertz CT molecular complexity index is 681. The van der Waals surface area contributed by atoms with Crippen LogP contribution >= 0.6 is 0 Å². The van der Waals surface area contributed by atoms with Gasteiger partial charge in [-0.25, -0.2) is 4.68 Å². The second-order valence-corrected chi connectivity index (χ2v) is 5.46. The molecule has 6 nitrogen and oxygen atoms in total. The summed E-state index contributed by atoms with van der Waals surface area (Å²) in [4.78, 5) is 23.4. The SMILES string of the molecule is O=C(N[C@H]1CCC[C@H]1C(=O)O)c1cnn(-c2ccccc2)c1. The Balaban J connectivity index is 1.71. The fraction of sp³-hybridized carbons (Fsp3) is 0.312. The molecule has 1 aliphatic rings. The van der Waals surface area contributed by atoms with Gasteiger partial charge in [-0.1, -0.05) is 24.6 Å². The predicted octanol–water partition coefficient (Wildman–Crippen LogP) is 1.86. The molecule has 0 saturated heterocycles. The number of benzene rings is 1. The van der Waals surface area contributed by atoms with Gasteiger partial charge in [-0.05, 0) is 25.0 Å². The molecule has 2 N–H and O–H groups in total. The van der Waals surface area contributed by atoms with Gasteiger partial charge in [0.05, 0.1) is 23.4 Å². The summed E-state index contributed by atoms with van der Waals surface area (Å²) in [6, 6.07) is 9.19. The molecule has 0 unspecified atom stereocenters. The van der Waals surface area contributed by atoms with E-state index in [-0.39, 0.29) is 11.9 Å². The molecular formula is C16H17N3O3. The number of nitrogens with one attached hydrogen (secondary N) is 1. The first-order valence-corrected chi connectivity index (χ1v) is 7.29. The van der Waals surface area contributed by atoms with Gasteiger partial charge in [-0.3, -0.25) is 9.59 Å². The Labute approximate surface area is 127 Å². The van der Waals surface area contributed by atoms with Gasteiger partial charge in [0.15, 0.2) is 0 Å². The molecular weight excluding hydrogens is 282 g/mol. The zero-order valence-electron chi connectivity index (χ0n) is 12.0. The summed E-state index contributed by atoms with van der Waals surface area (Å²) in [5.74, 6) is -1.61. The molecule has 0 aliphatic heterocycles. The van der Waals surface area contributed by atoms with Gasteiger partial charge in [-0.15, -0.1) is 0 Å². The highest BCUT2D eigenvalue weighted by Gasteiger charge is 2.34. The van der Waals surface area contributed by atoms with Crippen molar-refractivity contribution in [2.24, 2.45) is 5.92 Å². The lowest BCUT2D eigenvalue weighted by molar-refractivity contribution is -0.142. The maximum absolute atomic E-state index is 12.3. The molecule has 3 rings (SSSR count). The number of carbonyl (C=O) groups is 2. The molecule has 1 aliphatic carbocycles.